The quantitative estimate of drug-likeness (QED) is 0.681. The zero-order chi connectivity index (χ0) is 16.9. The minimum atomic E-state index is -0.368. The Kier molecular flexibility index (Phi) is 4.85. The third-order valence-electron chi connectivity index (χ3n) is 3.28. The molecule has 0 bridgehead atoms. The van der Waals surface area contributed by atoms with Crippen molar-refractivity contribution in [3.63, 3.8) is 0 Å². The number of anilines is 1. The Balaban J connectivity index is 1.84. The minimum absolute atomic E-state index is 0.00265. The minimum Gasteiger partial charge on any atom is -0.465 e. The number of nitrogens with zero attached hydrogens (tertiary/aromatic N) is 5. The van der Waals surface area contributed by atoms with Crippen molar-refractivity contribution in [3.8, 4) is 0 Å². The molecule has 0 saturated heterocycles. The van der Waals surface area contributed by atoms with Gasteiger partial charge in [-0.05, 0) is 18.6 Å². The first-order valence-corrected chi connectivity index (χ1v) is 7.74. The fourth-order valence-corrected chi connectivity index (χ4v) is 2.38. The van der Waals surface area contributed by atoms with Crippen LogP contribution in [0.5, 0.6) is 0 Å². The van der Waals surface area contributed by atoms with Crippen LogP contribution in [-0.2, 0) is 16.1 Å². The SMILES string of the molecule is CCOC(=O)CNc1ncnc2c1nnn2Cc1ccccc1Cl. The highest BCUT2D eigenvalue weighted by molar-refractivity contribution is 6.31. The summed E-state index contributed by atoms with van der Waals surface area (Å²) >= 11 is 6.18. The second-order valence-corrected chi connectivity index (χ2v) is 5.30. The molecule has 2 aromatic heterocycles. The molecule has 1 N–H and O–H groups in total. The molecular weight excluding hydrogens is 332 g/mol. The molecule has 124 valence electrons. The molecule has 9 heteroatoms. The van der Waals surface area contributed by atoms with Gasteiger partial charge in [-0.1, -0.05) is 35.0 Å². The maximum atomic E-state index is 11.5. The van der Waals surface area contributed by atoms with Gasteiger partial charge in [0.1, 0.15) is 12.9 Å². The van der Waals surface area contributed by atoms with Crippen molar-refractivity contribution in [2.24, 2.45) is 0 Å². The summed E-state index contributed by atoms with van der Waals surface area (Å²) in [6.07, 6.45) is 1.39. The van der Waals surface area contributed by atoms with E-state index in [1.165, 1.54) is 6.33 Å². The lowest BCUT2D eigenvalue weighted by Gasteiger charge is -2.06. The molecular formula is C15H15ClN6O2. The zero-order valence-electron chi connectivity index (χ0n) is 12.9. The summed E-state index contributed by atoms with van der Waals surface area (Å²) in [6.45, 7) is 2.51. The van der Waals surface area contributed by atoms with E-state index < -0.39 is 0 Å². The second-order valence-electron chi connectivity index (χ2n) is 4.89. The van der Waals surface area contributed by atoms with E-state index in [-0.39, 0.29) is 12.5 Å². The third-order valence-corrected chi connectivity index (χ3v) is 3.65. The van der Waals surface area contributed by atoms with Crippen LogP contribution in [0.4, 0.5) is 5.82 Å². The molecule has 1 aromatic carbocycles. The number of esters is 1. The summed E-state index contributed by atoms with van der Waals surface area (Å²) in [5.74, 6) is 0.0613. The van der Waals surface area contributed by atoms with E-state index in [4.69, 9.17) is 16.3 Å². The predicted molar refractivity (Wildman–Crippen MR) is 88.8 cm³/mol. The van der Waals surface area contributed by atoms with Crippen LogP contribution >= 0.6 is 11.6 Å². The van der Waals surface area contributed by atoms with Crippen molar-refractivity contribution >= 4 is 34.6 Å². The van der Waals surface area contributed by atoms with E-state index in [2.05, 4.69) is 25.6 Å². The number of hydrogen-bond donors (Lipinski definition) is 1. The number of hydrogen-bond acceptors (Lipinski definition) is 7. The van der Waals surface area contributed by atoms with Gasteiger partial charge in [-0.3, -0.25) is 4.79 Å². The van der Waals surface area contributed by atoms with Crippen LogP contribution in [-0.4, -0.2) is 44.1 Å². The fraction of sp³-hybridized carbons (Fsp3) is 0.267. The third kappa shape index (κ3) is 3.43. The first-order chi connectivity index (χ1) is 11.7. The molecule has 0 atom stereocenters. The summed E-state index contributed by atoms with van der Waals surface area (Å²) in [5.41, 5.74) is 1.94. The molecule has 0 aliphatic heterocycles. The number of fused-ring (bicyclic) bond motifs is 1. The van der Waals surface area contributed by atoms with Gasteiger partial charge in [0, 0.05) is 5.02 Å². The predicted octanol–water partition coefficient (Wildman–Crippen LogP) is 1.90. The van der Waals surface area contributed by atoms with Gasteiger partial charge in [0.05, 0.1) is 13.2 Å². The van der Waals surface area contributed by atoms with E-state index >= 15 is 0 Å². The summed E-state index contributed by atoms with van der Waals surface area (Å²) in [6, 6.07) is 7.50. The number of halogens is 1. The van der Waals surface area contributed by atoms with E-state index in [9.17, 15) is 4.79 Å². The second kappa shape index (κ2) is 7.22. The highest BCUT2D eigenvalue weighted by Gasteiger charge is 2.13. The van der Waals surface area contributed by atoms with Gasteiger partial charge in [-0.15, -0.1) is 5.10 Å². The number of benzene rings is 1. The van der Waals surface area contributed by atoms with Gasteiger partial charge in [0.25, 0.3) is 0 Å². The molecule has 0 aliphatic rings. The highest BCUT2D eigenvalue weighted by atomic mass is 35.5. The molecule has 0 radical (unpaired) electrons. The van der Waals surface area contributed by atoms with E-state index in [1.807, 2.05) is 24.3 Å². The number of rotatable bonds is 6. The van der Waals surface area contributed by atoms with Crippen LogP contribution in [0.15, 0.2) is 30.6 Å². The zero-order valence-corrected chi connectivity index (χ0v) is 13.7. The lowest BCUT2D eigenvalue weighted by molar-refractivity contribution is -0.140. The van der Waals surface area contributed by atoms with Crippen LogP contribution < -0.4 is 5.32 Å². The van der Waals surface area contributed by atoms with E-state index in [0.717, 1.165) is 5.56 Å². The average Bonchev–Trinajstić information content (AvgIpc) is 2.99. The van der Waals surface area contributed by atoms with Crippen molar-refractivity contribution in [3.05, 3.63) is 41.2 Å². The van der Waals surface area contributed by atoms with Gasteiger partial charge in [0.15, 0.2) is 17.0 Å². The Bertz CT molecular complexity index is 866. The van der Waals surface area contributed by atoms with Gasteiger partial charge in [-0.2, -0.15) is 0 Å². The topological polar surface area (TPSA) is 94.8 Å². The number of carbonyl (C=O) groups excluding carboxylic acids is 1. The molecule has 0 unspecified atom stereocenters. The summed E-state index contributed by atoms with van der Waals surface area (Å²) in [5, 5.41) is 11.7. The van der Waals surface area contributed by atoms with E-state index in [1.54, 1.807) is 11.6 Å². The van der Waals surface area contributed by atoms with Crippen LogP contribution in [0.1, 0.15) is 12.5 Å². The van der Waals surface area contributed by atoms with Crippen molar-refractivity contribution < 1.29 is 9.53 Å². The van der Waals surface area contributed by atoms with Crippen molar-refractivity contribution in [2.45, 2.75) is 13.5 Å². The fourth-order valence-electron chi connectivity index (χ4n) is 2.18. The number of aromatic nitrogens is 5. The standard InChI is InChI=1S/C15H15ClN6O2/c1-2-24-12(23)7-17-14-13-15(19-9-18-14)22(21-20-13)8-10-5-3-4-6-11(10)16/h3-6,9H,2,7-8H2,1H3,(H,17,18,19). The molecule has 0 amide bonds. The summed E-state index contributed by atoms with van der Waals surface area (Å²) < 4.78 is 6.51. The Morgan fingerprint density at radius 1 is 1.33 bits per heavy atom. The van der Waals surface area contributed by atoms with Crippen LogP contribution in [0.2, 0.25) is 5.02 Å². The van der Waals surface area contributed by atoms with Crippen LogP contribution in [0.3, 0.4) is 0 Å². The molecule has 0 saturated carbocycles. The Morgan fingerprint density at radius 2 is 2.17 bits per heavy atom. The smallest absolute Gasteiger partial charge is 0.325 e. The summed E-state index contributed by atoms with van der Waals surface area (Å²) in [4.78, 5) is 19.8. The Labute approximate surface area is 142 Å². The van der Waals surface area contributed by atoms with Crippen molar-refractivity contribution in [1.82, 2.24) is 25.0 Å². The van der Waals surface area contributed by atoms with Gasteiger partial charge < -0.3 is 10.1 Å². The first kappa shape index (κ1) is 16.1. The average molecular weight is 347 g/mol. The molecule has 0 spiro atoms. The number of ether oxygens (including phenoxy) is 1. The normalized spacial score (nSPS) is 10.8. The molecule has 0 fully saturated rings. The lowest BCUT2D eigenvalue weighted by atomic mass is 10.2. The molecule has 24 heavy (non-hydrogen) atoms. The van der Waals surface area contributed by atoms with E-state index in [0.29, 0.717) is 35.2 Å². The van der Waals surface area contributed by atoms with Crippen LogP contribution in [0.25, 0.3) is 11.2 Å². The maximum Gasteiger partial charge on any atom is 0.325 e. The molecule has 2 heterocycles. The maximum absolute atomic E-state index is 11.5. The lowest BCUT2D eigenvalue weighted by Crippen LogP contribution is -2.17. The molecule has 0 aliphatic carbocycles. The first-order valence-electron chi connectivity index (χ1n) is 7.36. The van der Waals surface area contributed by atoms with Gasteiger partial charge in [-0.25, -0.2) is 14.6 Å². The van der Waals surface area contributed by atoms with Crippen LogP contribution in [0, 0.1) is 0 Å². The monoisotopic (exact) mass is 346 g/mol. The number of carbonyl (C=O) groups is 1. The highest BCUT2D eigenvalue weighted by Crippen LogP contribution is 2.20. The Morgan fingerprint density at radius 3 is 2.96 bits per heavy atom. The van der Waals surface area contributed by atoms with Crippen molar-refractivity contribution in [2.75, 3.05) is 18.5 Å². The van der Waals surface area contributed by atoms with Crippen molar-refractivity contribution in [1.29, 1.82) is 0 Å². The molecule has 8 nitrogen and oxygen atoms in total. The molecule has 3 rings (SSSR count). The molecule has 3 aromatic rings. The number of nitrogens with one attached hydrogen (secondary N) is 1. The van der Waals surface area contributed by atoms with Gasteiger partial charge >= 0.3 is 5.97 Å². The largest absolute Gasteiger partial charge is 0.465 e. The summed E-state index contributed by atoms with van der Waals surface area (Å²) in [7, 11) is 0. The van der Waals surface area contributed by atoms with Gasteiger partial charge in [0.2, 0.25) is 0 Å². The Hall–Kier alpha value is -2.74.